The molecule has 1 saturated carbocycles. The Morgan fingerprint density at radius 3 is 2.90 bits per heavy atom. The van der Waals surface area contributed by atoms with Crippen LogP contribution >= 0.6 is 0 Å². The molecule has 1 aromatic rings. The van der Waals surface area contributed by atoms with Crippen LogP contribution in [0.1, 0.15) is 39.0 Å². The van der Waals surface area contributed by atoms with Crippen LogP contribution in [-0.4, -0.2) is 34.8 Å². The monoisotopic (exact) mass is 279 g/mol. The minimum atomic E-state index is 0.285. The van der Waals surface area contributed by atoms with Gasteiger partial charge in [-0.15, -0.1) is 0 Å². The molecule has 5 heteroatoms. The average Bonchev–Trinajstić information content (AvgIpc) is 2.51. The molecule has 1 aromatic heterocycles. The number of hydrogen-bond donors (Lipinski definition) is 2. The highest BCUT2D eigenvalue weighted by molar-refractivity contribution is 5.27. The molecule has 2 N–H and O–H groups in total. The first-order valence-corrected chi connectivity index (χ1v) is 7.64. The van der Waals surface area contributed by atoms with Gasteiger partial charge in [-0.1, -0.05) is 19.8 Å². The van der Waals surface area contributed by atoms with Gasteiger partial charge in [-0.2, -0.15) is 4.98 Å². The quantitative estimate of drug-likeness (QED) is 0.802. The highest BCUT2D eigenvalue weighted by Gasteiger charge is 2.24. The summed E-state index contributed by atoms with van der Waals surface area (Å²) in [7, 11) is 0. The Hall–Kier alpha value is -1.36. The molecule has 0 aromatic carbocycles. The number of nitrogens with one attached hydrogen (secondary N) is 1. The summed E-state index contributed by atoms with van der Waals surface area (Å²) in [6.45, 7) is 3.85. The summed E-state index contributed by atoms with van der Waals surface area (Å²) in [5, 5.41) is 12.7. The predicted molar refractivity (Wildman–Crippen MR) is 78.8 cm³/mol. The summed E-state index contributed by atoms with van der Waals surface area (Å²) < 4.78 is 5.50. The van der Waals surface area contributed by atoms with E-state index in [0.717, 1.165) is 19.4 Å². The van der Waals surface area contributed by atoms with Gasteiger partial charge in [0.2, 0.25) is 11.8 Å². The van der Waals surface area contributed by atoms with Gasteiger partial charge in [-0.3, -0.25) is 0 Å². The minimum Gasteiger partial charge on any atom is -0.478 e. The first-order valence-electron chi connectivity index (χ1n) is 7.64. The molecule has 2 rings (SSSR count). The lowest BCUT2D eigenvalue weighted by molar-refractivity contribution is 0.141. The van der Waals surface area contributed by atoms with E-state index in [9.17, 15) is 5.11 Å². The molecule has 0 radical (unpaired) electrons. The van der Waals surface area contributed by atoms with Crippen LogP contribution in [0.4, 0.5) is 5.95 Å². The molecule has 2 atom stereocenters. The van der Waals surface area contributed by atoms with Gasteiger partial charge in [0.15, 0.2) is 0 Å². The van der Waals surface area contributed by atoms with Gasteiger partial charge in [0.1, 0.15) is 0 Å². The zero-order chi connectivity index (χ0) is 14.2. The third-order valence-electron chi connectivity index (χ3n) is 3.91. The highest BCUT2D eigenvalue weighted by atomic mass is 16.5. The van der Waals surface area contributed by atoms with Crippen molar-refractivity contribution in [3.63, 3.8) is 0 Å². The van der Waals surface area contributed by atoms with Crippen LogP contribution in [0.15, 0.2) is 12.3 Å². The molecule has 2 unspecified atom stereocenters. The summed E-state index contributed by atoms with van der Waals surface area (Å²) in [5.74, 6) is 2.15. The van der Waals surface area contributed by atoms with Crippen molar-refractivity contribution >= 4 is 5.95 Å². The molecule has 0 bridgehead atoms. The summed E-state index contributed by atoms with van der Waals surface area (Å²) in [5.41, 5.74) is 0. The fraction of sp³-hybridized carbons (Fsp3) is 0.733. The lowest BCUT2D eigenvalue weighted by atomic mass is 9.80. The molecule has 20 heavy (non-hydrogen) atoms. The largest absolute Gasteiger partial charge is 0.478 e. The van der Waals surface area contributed by atoms with Crippen LogP contribution in [0.3, 0.4) is 0 Å². The standard InChI is InChI=1S/C15H25N3O2/c1-2-9-20-14-7-8-16-15(18-14)17-10-12-5-3-4-6-13(12)11-19/h7-8,12-13,19H,2-6,9-11H2,1H3,(H,16,17,18). The van der Waals surface area contributed by atoms with Crippen LogP contribution < -0.4 is 10.1 Å². The van der Waals surface area contributed by atoms with E-state index in [1.807, 2.05) is 0 Å². The van der Waals surface area contributed by atoms with Gasteiger partial charge < -0.3 is 15.2 Å². The van der Waals surface area contributed by atoms with Crippen molar-refractivity contribution in [3.8, 4) is 5.88 Å². The smallest absolute Gasteiger partial charge is 0.225 e. The molecule has 5 nitrogen and oxygen atoms in total. The van der Waals surface area contributed by atoms with Crippen LogP contribution in [0.2, 0.25) is 0 Å². The maximum absolute atomic E-state index is 9.42. The number of aliphatic hydroxyl groups is 1. The maximum Gasteiger partial charge on any atom is 0.225 e. The number of aromatic nitrogens is 2. The topological polar surface area (TPSA) is 67.3 Å². The molecule has 0 saturated heterocycles. The van der Waals surface area contributed by atoms with Crippen molar-refractivity contribution in [1.29, 1.82) is 0 Å². The lowest BCUT2D eigenvalue weighted by Crippen LogP contribution is -2.29. The van der Waals surface area contributed by atoms with Crippen molar-refractivity contribution in [1.82, 2.24) is 9.97 Å². The first kappa shape index (κ1) is 15.0. The van der Waals surface area contributed by atoms with Crippen LogP contribution in [0.25, 0.3) is 0 Å². The molecule has 1 aliphatic rings. The van der Waals surface area contributed by atoms with Crippen molar-refractivity contribution < 1.29 is 9.84 Å². The second kappa shape index (κ2) is 8.04. The van der Waals surface area contributed by atoms with Crippen LogP contribution in [0, 0.1) is 11.8 Å². The van der Waals surface area contributed by atoms with E-state index >= 15 is 0 Å². The summed E-state index contributed by atoms with van der Waals surface area (Å²) >= 11 is 0. The Morgan fingerprint density at radius 1 is 1.35 bits per heavy atom. The zero-order valence-corrected chi connectivity index (χ0v) is 12.2. The van der Waals surface area contributed by atoms with Crippen molar-refractivity contribution in [2.24, 2.45) is 11.8 Å². The third-order valence-corrected chi connectivity index (χ3v) is 3.91. The number of rotatable bonds is 7. The van der Waals surface area contributed by atoms with Gasteiger partial charge in [0, 0.05) is 25.4 Å². The van der Waals surface area contributed by atoms with Gasteiger partial charge >= 0.3 is 0 Å². The van der Waals surface area contributed by atoms with E-state index in [4.69, 9.17) is 4.74 Å². The fourth-order valence-corrected chi connectivity index (χ4v) is 2.73. The Morgan fingerprint density at radius 2 is 2.15 bits per heavy atom. The summed E-state index contributed by atoms with van der Waals surface area (Å²) in [4.78, 5) is 8.56. The van der Waals surface area contributed by atoms with E-state index in [2.05, 4.69) is 22.2 Å². The maximum atomic E-state index is 9.42. The molecule has 1 fully saturated rings. The van der Waals surface area contributed by atoms with E-state index in [1.54, 1.807) is 12.3 Å². The van der Waals surface area contributed by atoms with Crippen LogP contribution in [0.5, 0.6) is 5.88 Å². The second-order valence-electron chi connectivity index (χ2n) is 5.44. The Balaban J connectivity index is 1.86. The molecule has 112 valence electrons. The number of nitrogens with zero attached hydrogens (tertiary/aromatic N) is 2. The van der Waals surface area contributed by atoms with E-state index in [0.29, 0.717) is 30.3 Å². The molecule has 0 amide bonds. The normalized spacial score (nSPS) is 22.5. The van der Waals surface area contributed by atoms with Crippen molar-refractivity contribution in [2.75, 3.05) is 25.1 Å². The van der Waals surface area contributed by atoms with E-state index in [1.165, 1.54) is 19.3 Å². The van der Waals surface area contributed by atoms with Gasteiger partial charge in [0.05, 0.1) is 6.61 Å². The molecule has 0 spiro atoms. The van der Waals surface area contributed by atoms with Gasteiger partial charge in [0.25, 0.3) is 0 Å². The molecule has 1 aliphatic carbocycles. The Bertz CT molecular complexity index is 400. The molecule has 0 aliphatic heterocycles. The molecular formula is C15H25N3O2. The predicted octanol–water partition coefficient (Wildman–Crippen LogP) is 2.48. The molecular weight excluding hydrogens is 254 g/mol. The lowest BCUT2D eigenvalue weighted by Gasteiger charge is -2.30. The number of aliphatic hydroxyl groups excluding tert-OH is 1. The van der Waals surface area contributed by atoms with Gasteiger partial charge in [-0.05, 0) is 31.1 Å². The second-order valence-corrected chi connectivity index (χ2v) is 5.44. The van der Waals surface area contributed by atoms with Crippen molar-refractivity contribution in [3.05, 3.63) is 12.3 Å². The van der Waals surface area contributed by atoms with Gasteiger partial charge in [-0.25, -0.2) is 4.98 Å². The van der Waals surface area contributed by atoms with Crippen molar-refractivity contribution in [2.45, 2.75) is 39.0 Å². The number of hydrogen-bond acceptors (Lipinski definition) is 5. The first-order chi connectivity index (χ1) is 9.83. The number of anilines is 1. The minimum absolute atomic E-state index is 0.285. The highest BCUT2D eigenvalue weighted by Crippen LogP contribution is 2.29. The molecule has 1 heterocycles. The van der Waals surface area contributed by atoms with Crippen LogP contribution in [-0.2, 0) is 0 Å². The fourth-order valence-electron chi connectivity index (χ4n) is 2.73. The van der Waals surface area contributed by atoms with E-state index < -0.39 is 0 Å². The summed E-state index contributed by atoms with van der Waals surface area (Å²) in [6.07, 6.45) is 7.47. The third kappa shape index (κ3) is 4.34. The summed E-state index contributed by atoms with van der Waals surface area (Å²) in [6, 6.07) is 1.78. The van der Waals surface area contributed by atoms with E-state index in [-0.39, 0.29) is 6.61 Å². The average molecular weight is 279 g/mol. The Kier molecular flexibility index (Phi) is 6.05. The number of ether oxygens (including phenoxy) is 1. The Labute approximate surface area is 120 Å². The zero-order valence-electron chi connectivity index (χ0n) is 12.2. The SMILES string of the molecule is CCCOc1ccnc(NCC2CCCCC2CO)n1.